The highest BCUT2D eigenvalue weighted by molar-refractivity contribution is 8.26. The summed E-state index contributed by atoms with van der Waals surface area (Å²) in [5, 5.41) is 8.79. The Morgan fingerprint density at radius 2 is 1.77 bits per heavy atom. The highest BCUT2D eigenvalue weighted by atomic mass is 32.2. The molecule has 1 amide bonds. The Hall–Kier alpha value is -1.86. The molecule has 4 rings (SSSR count). The highest BCUT2D eigenvalue weighted by Crippen LogP contribution is 2.45. The van der Waals surface area contributed by atoms with E-state index in [0.29, 0.717) is 27.6 Å². The molecule has 166 valence electrons. The molecule has 0 atom stereocenters. The van der Waals surface area contributed by atoms with Gasteiger partial charge >= 0.3 is 5.97 Å². The van der Waals surface area contributed by atoms with E-state index in [1.807, 2.05) is 6.08 Å². The Morgan fingerprint density at radius 3 is 2.42 bits per heavy atom. The van der Waals surface area contributed by atoms with Crippen LogP contribution in [0.2, 0.25) is 0 Å². The number of hydrogen-bond acceptors (Lipinski definition) is 5. The predicted molar refractivity (Wildman–Crippen MR) is 130 cm³/mol. The summed E-state index contributed by atoms with van der Waals surface area (Å²) in [7, 11) is 0. The van der Waals surface area contributed by atoms with Crippen LogP contribution in [0.5, 0.6) is 0 Å². The van der Waals surface area contributed by atoms with Crippen molar-refractivity contribution < 1.29 is 14.7 Å². The Bertz CT molecular complexity index is 865. The van der Waals surface area contributed by atoms with Crippen LogP contribution in [-0.4, -0.2) is 45.8 Å². The zero-order chi connectivity index (χ0) is 21.8. The fourth-order valence-electron chi connectivity index (χ4n) is 5.05. The number of anilines is 1. The van der Waals surface area contributed by atoms with E-state index in [0.717, 1.165) is 18.7 Å². The first-order valence-electron chi connectivity index (χ1n) is 11.3. The van der Waals surface area contributed by atoms with Gasteiger partial charge in [0.25, 0.3) is 5.91 Å². The first-order chi connectivity index (χ1) is 15.0. The first-order valence-corrected chi connectivity index (χ1v) is 12.5. The van der Waals surface area contributed by atoms with Crippen molar-refractivity contribution in [3.05, 3.63) is 34.7 Å². The average Bonchev–Trinajstić information content (AvgIpc) is 3.03. The molecular formula is C24H30N2O3S2. The summed E-state index contributed by atoms with van der Waals surface area (Å²) in [5.41, 5.74) is 2.84. The second-order valence-corrected chi connectivity index (χ2v) is 10.6. The van der Waals surface area contributed by atoms with Crippen LogP contribution in [0.15, 0.2) is 29.2 Å². The normalized spacial score (nSPS) is 22.5. The first kappa shape index (κ1) is 22.3. The molecular weight excluding hydrogens is 428 g/mol. The summed E-state index contributed by atoms with van der Waals surface area (Å²) in [4.78, 5) is 28.0. The van der Waals surface area contributed by atoms with E-state index in [1.165, 1.54) is 67.3 Å². The van der Waals surface area contributed by atoms with Crippen LogP contribution >= 0.6 is 24.0 Å². The minimum absolute atomic E-state index is 0.0369. The zero-order valence-electron chi connectivity index (χ0n) is 17.8. The molecule has 0 bridgehead atoms. The molecule has 1 aromatic rings. The fraction of sp³-hybridized carbons (Fsp3) is 0.542. The number of aliphatic carboxylic acids is 1. The number of carbonyl (C=O) groups excluding carboxylic acids is 1. The predicted octanol–water partition coefficient (Wildman–Crippen LogP) is 5.30. The molecule has 2 aliphatic heterocycles. The van der Waals surface area contributed by atoms with Gasteiger partial charge in [-0.25, -0.2) is 0 Å². The molecule has 3 aliphatic rings. The molecule has 2 heterocycles. The van der Waals surface area contributed by atoms with Crippen LogP contribution in [0.4, 0.5) is 5.69 Å². The summed E-state index contributed by atoms with van der Waals surface area (Å²) in [5.74, 6) is -0.984. The van der Waals surface area contributed by atoms with Crippen molar-refractivity contribution in [3.63, 3.8) is 0 Å². The smallest absolute Gasteiger partial charge is 0.303 e. The molecule has 1 spiro atoms. The molecule has 0 aromatic heterocycles. The van der Waals surface area contributed by atoms with Gasteiger partial charge in [-0.2, -0.15) is 0 Å². The quantitative estimate of drug-likeness (QED) is 0.461. The molecule has 1 N–H and O–H groups in total. The van der Waals surface area contributed by atoms with Crippen LogP contribution in [0.3, 0.4) is 0 Å². The van der Waals surface area contributed by atoms with E-state index >= 15 is 0 Å². The van der Waals surface area contributed by atoms with Crippen LogP contribution in [0.1, 0.15) is 63.4 Å². The minimum Gasteiger partial charge on any atom is -0.481 e. The molecule has 5 nitrogen and oxygen atoms in total. The van der Waals surface area contributed by atoms with Gasteiger partial charge in [0.15, 0.2) is 0 Å². The van der Waals surface area contributed by atoms with Crippen LogP contribution < -0.4 is 4.90 Å². The number of rotatable bonds is 6. The Morgan fingerprint density at radius 1 is 1.10 bits per heavy atom. The van der Waals surface area contributed by atoms with E-state index in [2.05, 4.69) is 29.2 Å². The summed E-state index contributed by atoms with van der Waals surface area (Å²) < 4.78 is 0.503. The maximum Gasteiger partial charge on any atom is 0.303 e. The van der Waals surface area contributed by atoms with Gasteiger partial charge in [0.2, 0.25) is 0 Å². The molecule has 1 aliphatic carbocycles. The van der Waals surface area contributed by atoms with Gasteiger partial charge in [-0.15, -0.1) is 0 Å². The van der Waals surface area contributed by atoms with Crippen LogP contribution in [0.25, 0.3) is 6.08 Å². The van der Waals surface area contributed by atoms with Crippen molar-refractivity contribution in [2.24, 2.45) is 5.41 Å². The fourth-order valence-corrected chi connectivity index (χ4v) is 6.36. The van der Waals surface area contributed by atoms with Crippen molar-refractivity contribution in [2.45, 2.75) is 57.8 Å². The van der Waals surface area contributed by atoms with Gasteiger partial charge in [0, 0.05) is 31.7 Å². The van der Waals surface area contributed by atoms with Gasteiger partial charge in [-0.3, -0.25) is 14.5 Å². The summed E-state index contributed by atoms with van der Waals surface area (Å²) in [6.07, 6.45) is 12.0. The van der Waals surface area contributed by atoms with Crippen molar-refractivity contribution in [1.82, 2.24) is 4.90 Å². The highest BCUT2D eigenvalue weighted by Gasteiger charge is 2.35. The summed E-state index contributed by atoms with van der Waals surface area (Å²) in [6.45, 7) is 2.62. The number of carboxylic acid groups (broad SMARTS) is 1. The molecule has 2 saturated heterocycles. The molecule has 0 radical (unpaired) electrons. The van der Waals surface area contributed by atoms with E-state index in [4.69, 9.17) is 17.3 Å². The number of nitrogens with zero attached hydrogens (tertiary/aromatic N) is 2. The third kappa shape index (κ3) is 5.32. The van der Waals surface area contributed by atoms with Gasteiger partial charge in [0.05, 0.1) is 4.91 Å². The number of thiocarbonyl (C=S) groups is 1. The monoisotopic (exact) mass is 458 g/mol. The standard InChI is InChI=1S/C24H30N2O3S2/c27-21(28)5-4-14-26-22(29)20(31-23(26)30)17-18-6-8-19(9-7-18)25-15-12-24(13-16-25)10-2-1-3-11-24/h6-9,17H,1-5,10-16H2,(H,27,28)/b20-17-. The maximum atomic E-state index is 12.7. The van der Waals surface area contributed by atoms with Gasteiger partial charge in [0.1, 0.15) is 4.32 Å². The maximum absolute atomic E-state index is 12.7. The van der Waals surface area contributed by atoms with Crippen molar-refractivity contribution >= 4 is 51.9 Å². The van der Waals surface area contributed by atoms with E-state index in [9.17, 15) is 9.59 Å². The lowest BCUT2D eigenvalue weighted by Crippen LogP contribution is -2.41. The van der Waals surface area contributed by atoms with Gasteiger partial charge in [-0.05, 0) is 61.3 Å². The summed E-state index contributed by atoms with van der Waals surface area (Å²) in [6, 6.07) is 8.44. The second-order valence-electron chi connectivity index (χ2n) is 8.97. The second kappa shape index (κ2) is 9.74. The molecule has 31 heavy (non-hydrogen) atoms. The van der Waals surface area contributed by atoms with Gasteiger partial charge in [-0.1, -0.05) is 55.4 Å². The van der Waals surface area contributed by atoms with Crippen molar-refractivity contribution in [3.8, 4) is 0 Å². The van der Waals surface area contributed by atoms with Crippen molar-refractivity contribution in [1.29, 1.82) is 0 Å². The molecule has 1 saturated carbocycles. The SMILES string of the molecule is O=C(O)CCCN1C(=O)/C(=C/c2ccc(N3CCC4(CCCCC4)CC3)cc2)SC1=S. The molecule has 7 heteroatoms. The Balaban J connectivity index is 1.35. The zero-order valence-corrected chi connectivity index (χ0v) is 19.5. The Kier molecular flexibility index (Phi) is 7.02. The lowest BCUT2D eigenvalue weighted by molar-refractivity contribution is -0.137. The minimum atomic E-state index is -0.858. The van der Waals surface area contributed by atoms with Crippen molar-refractivity contribution in [2.75, 3.05) is 24.5 Å². The number of benzene rings is 1. The van der Waals surface area contributed by atoms with Crippen LogP contribution in [0, 0.1) is 5.41 Å². The number of carbonyl (C=O) groups is 2. The molecule has 3 fully saturated rings. The third-order valence-electron chi connectivity index (χ3n) is 6.94. The van der Waals surface area contributed by atoms with E-state index in [-0.39, 0.29) is 12.3 Å². The van der Waals surface area contributed by atoms with E-state index in [1.54, 1.807) is 0 Å². The lowest BCUT2D eigenvalue weighted by Gasteiger charge is -2.45. The Labute approximate surface area is 193 Å². The molecule has 1 aromatic carbocycles. The number of carboxylic acids is 1. The number of hydrogen-bond donors (Lipinski definition) is 1. The summed E-state index contributed by atoms with van der Waals surface area (Å²) >= 11 is 6.61. The topological polar surface area (TPSA) is 60.9 Å². The largest absolute Gasteiger partial charge is 0.481 e. The number of thioether (sulfide) groups is 1. The number of amides is 1. The number of piperidine rings is 1. The van der Waals surface area contributed by atoms with Gasteiger partial charge < -0.3 is 10.0 Å². The van der Waals surface area contributed by atoms with Crippen LogP contribution in [-0.2, 0) is 9.59 Å². The lowest BCUT2D eigenvalue weighted by atomic mass is 9.68. The average molecular weight is 459 g/mol. The molecule has 0 unspecified atom stereocenters. The third-order valence-corrected chi connectivity index (χ3v) is 8.32. The van der Waals surface area contributed by atoms with E-state index < -0.39 is 5.97 Å².